The van der Waals surface area contributed by atoms with Gasteiger partial charge in [0.05, 0.1) is 5.02 Å². The molecule has 3 nitrogen and oxygen atoms in total. The molecule has 3 rings (SSSR count). The third kappa shape index (κ3) is 1.74. The Kier molecular flexibility index (Phi) is 2.60. The smallest absolute Gasteiger partial charge is 0.146 e. The van der Waals surface area contributed by atoms with E-state index in [-0.39, 0.29) is 17.8 Å². The number of nitrogens with zero attached hydrogens (tertiary/aromatic N) is 1. The molecule has 1 heterocycles. The number of ketones is 1. The first-order valence-corrected chi connectivity index (χ1v) is 6.14. The summed E-state index contributed by atoms with van der Waals surface area (Å²) in [6.07, 6.45) is 1.19. The van der Waals surface area contributed by atoms with Crippen molar-refractivity contribution in [2.75, 3.05) is 0 Å². The molecule has 5 heteroatoms. The summed E-state index contributed by atoms with van der Waals surface area (Å²) in [5.41, 5.74) is 1.37. The monoisotopic (exact) mass is 269 g/mol. The first kappa shape index (κ1) is 11.1. The topological polar surface area (TPSA) is 38.7 Å². The fourth-order valence-corrected chi connectivity index (χ4v) is 2.86. The minimum Gasteiger partial charge on any atom is -0.391 e. The number of halogens is 2. The lowest BCUT2D eigenvalue weighted by Gasteiger charge is -2.09. The van der Waals surface area contributed by atoms with Crippen molar-refractivity contribution in [3.8, 4) is 0 Å². The fourth-order valence-electron chi connectivity index (χ4n) is 2.35. The van der Waals surface area contributed by atoms with Gasteiger partial charge in [-0.3, -0.25) is 4.79 Å². The lowest BCUT2D eigenvalue weighted by atomic mass is 9.94. The van der Waals surface area contributed by atoms with Crippen molar-refractivity contribution in [1.82, 2.24) is 0 Å². The number of carbonyl (C=O) groups excluding carboxylic acids is 1. The van der Waals surface area contributed by atoms with Gasteiger partial charge in [-0.25, -0.2) is 0 Å². The van der Waals surface area contributed by atoms with Crippen molar-refractivity contribution in [2.45, 2.75) is 18.9 Å². The van der Waals surface area contributed by atoms with Crippen LogP contribution in [0.2, 0.25) is 10.0 Å². The Labute approximate surface area is 108 Å². The highest BCUT2D eigenvalue weighted by Gasteiger charge is 2.45. The Bertz CT molecular complexity index is 527. The van der Waals surface area contributed by atoms with Gasteiger partial charge in [-0.15, -0.1) is 0 Å². The molecule has 1 aromatic carbocycles. The van der Waals surface area contributed by atoms with E-state index in [1.807, 2.05) is 0 Å². The third-order valence-corrected chi connectivity index (χ3v) is 3.73. The first-order chi connectivity index (χ1) is 8.16. The van der Waals surface area contributed by atoms with Crippen LogP contribution in [0.15, 0.2) is 23.4 Å². The predicted octanol–water partition coefficient (Wildman–Crippen LogP) is 3.08. The van der Waals surface area contributed by atoms with Gasteiger partial charge in [-0.2, -0.15) is 0 Å². The molecule has 0 unspecified atom stereocenters. The Hall–Kier alpha value is -1.06. The minimum atomic E-state index is -0.256. The van der Waals surface area contributed by atoms with Gasteiger partial charge in [0.15, 0.2) is 0 Å². The van der Waals surface area contributed by atoms with E-state index in [2.05, 4.69) is 5.16 Å². The van der Waals surface area contributed by atoms with E-state index in [1.54, 1.807) is 18.2 Å². The van der Waals surface area contributed by atoms with Crippen LogP contribution in [-0.2, 0) is 9.63 Å². The molecule has 0 spiro atoms. The lowest BCUT2D eigenvalue weighted by Crippen LogP contribution is -2.24. The molecule has 1 aliphatic heterocycles. The van der Waals surface area contributed by atoms with Crippen LogP contribution >= 0.6 is 23.2 Å². The number of Topliss-reactive ketones (excluding diaryl/α,β-unsaturated/α-hetero) is 1. The molecule has 0 saturated heterocycles. The van der Waals surface area contributed by atoms with E-state index >= 15 is 0 Å². The highest BCUT2D eigenvalue weighted by atomic mass is 35.5. The van der Waals surface area contributed by atoms with Gasteiger partial charge in [0.2, 0.25) is 0 Å². The standard InChI is InChI=1S/C12H9Cl2NO2/c13-6-1-2-7(8(14)5-6)12-11-9(16)3-4-10(11)17-15-12/h1-2,5,10-11H,3-4H2/t10-,11+/m1/s1. The molecule has 0 amide bonds. The highest BCUT2D eigenvalue weighted by Crippen LogP contribution is 2.36. The van der Waals surface area contributed by atoms with Crippen LogP contribution in [0.3, 0.4) is 0 Å². The van der Waals surface area contributed by atoms with E-state index in [4.69, 9.17) is 28.0 Å². The second-order valence-electron chi connectivity index (χ2n) is 4.23. The van der Waals surface area contributed by atoms with Gasteiger partial charge in [0.1, 0.15) is 23.5 Å². The van der Waals surface area contributed by atoms with Crippen LogP contribution in [0, 0.1) is 5.92 Å². The molecule has 1 aliphatic carbocycles. The summed E-state index contributed by atoms with van der Waals surface area (Å²) in [6, 6.07) is 5.16. The van der Waals surface area contributed by atoms with E-state index in [0.29, 0.717) is 22.2 Å². The summed E-state index contributed by atoms with van der Waals surface area (Å²) in [6.45, 7) is 0. The summed E-state index contributed by atoms with van der Waals surface area (Å²) < 4.78 is 0. The van der Waals surface area contributed by atoms with E-state index in [0.717, 1.165) is 12.0 Å². The van der Waals surface area contributed by atoms with Crippen molar-refractivity contribution in [1.29, 1.82) is 0 Å². The molecule has 88 valence electrons. The maximum absolute atomic E-state index is 11.8. The number of hydrogen-bond donors (Lipinski definition) is 0. The molecule has 17 heavy (non-hydrogen) atoms. The Morgan fingerprint density at radius 3 is 2.94 bits per heavy atom. The number of hydrogen-bond acceptors (Lipinski definition) is 3. The van der Waals surface area contributed by atoms with E-state index in [1.165, 1.54) is 0 Å². The van der Waals surface area contributed by atoms with Crippen molar-refractivity contribution in [3.63, 3.8) is 0 Å². The van der Waals surface area contributed by atoms with Crippen molar-refractivity contribution >= 4 is 34.7 Å². The highest BCUT2D eigenvalue weighted by molar-refractivity contribution is 6.37. The SMILES string of the molecule is O=C1CC[C@H]2ON=C(c3ccc(Cl)cc3Cl)[C@@H]12. The first-order valence-electron chi connectivity index (χ1n) is 5.38. The van der Waals surface area contributed by atoms with Gasteiger partial charge >= 0.3 is 0 Å². The van der Waals surface area contributed by atoms with Crippen LogP contribution in [0.1, 0.15) is 18.4 Å². The number of benzene rings is 1. The Balaban J connectivity index is 2.02. The van der Waals surface area contributed by atoms with Gasteiger partial charge in [-0.05, 0) is 18.6 Å². The quantitative estimate of drug-likeness (QED) is 0.786. The summed E-state index contributed by atoms with van der Waals surface area (Å²) in [5.74, 6) is -0.0778. The molecule has 0 aromatic heterocycles. The zero-order valence-corrected chi connectivity index (χ0v) is 10.3. The Morgan fingerprint density at radius 1 is 1.35 bits per heavy atom. The lowest BCUT2D eigenvalue weighted by molar-refractivity contribution is -0.119. The van der Waals surface area contributed by atoms with Crippen molar-refractivity contribution in [2.24, 2.45) is 11.1 Å². The Morgan fingerprint density at radius 2 is 2.18 bits per heavy atom. The average Bonchev–Trinajstić information content (AvgIpc) is 2.83. The number of fused-ring (bicyclic) bond motifs is 1. The number of carbonyl (C=O) groups is 1. The van der Waals surface area contributed by atoms with Gasteiger partial charge in [0, 0.05) is 17.0 Å². The molecular formula is C12H9Cl2NO2. The maximum atomic E-state index is 11.8. The summed E-state index contributed by atoms with van der Waals surface area (Å²) in [7, 11) is 0. The van der Waals surface area contributed by atoms with Gasteiger partial charge < -0.3 is 4.84 Å². The molecule has 1 saturated carbocycles. The van der Waals surface area contributed by atoms with Gasteiger partial charge in [0.25, 0.3) is 0 Å². The molecule has 2 aliphatic rings. The fraction of sp³-hybridized carbons (Fsp3) is 0.333. The zero-order chi connectivity index (χ0) is 12.0. The second kappa shape index (κ2) is 4.00. The number of rotatable bonds is 1. The van der Waals surface area contributed by atoms with Crippen LogP contribution in [0.4, 0.5) is 0 Å². The van der Waals surface area contributed by atoms with Crippen LogP contribution in [0.25, 0.3) is 0 Å². The van der Waals surface area contributed by atoms with E-state index in [9.17, 15) is 4.79 Å². The molecule has 0 radical (unpaired) electrons. The molecule has 0 bridgehead atoms. The summed E-state index contributed by atoms with van der Waals surface area (Å²) >= 11 is 12.0. The molecule has 2 atom stereocenters. The maximum Gasteiger partial charge on any atom is 0.146 e. The summed E-state index contributed by atoms with van der Waals surface area (Å²) in [4.78, 5) is 17.1. The third-order valence-electron chi connectivity index (χ3n) is 3.18. The van der Waals surface area contributed by atoms with Crippen molar-refractivity contribution < 1.29 is 9.63 Å². The van der Waals surface area contributed by atoms with Gasteiger partial charge in [-0.1, -0.05) is 34.4 Å². The van der Waals surface area contributed by atoms with Crippen LogP contribution in [-0.4, -0.2) is 17.6 Å². The predicted molar refractivity (Wildman–Crippen MR) is 65.6 cm³/mol. The second-order valence-corrected chi connectivity index (χ2v) is 5.07. The molecule has 1 aromatic rings. The average molecular weight is 270 g/mol. The zero-order valence-electron chi connectivity index (χ0n) is 8.82. The molecular weight excluding hydrogens is 261 g/mol. The normalized spacial score (nSPS) is 26.7. The van der Waals surface area contributed by atoms with E-state index < -0.39 is 0 Å². The minimum absolute atomic E-state index is 0.107. The van der Waals surface area contributed by atoms with Crippen LogP contribution in [0.5, 0.6) is 0 Å². The number of oxime groups is 1. The largest absolute Gasteiger partial charge is 0.391 e. The van der Waals surface area contributed by atoms with Crippen LogP contribution < -0.4 is 0 Å². The summed E-state index contributed by atoms with van der Waals surface area (Å²) in [5, 5.41) is 5.06. The molecule has 0 N–H and O–H groups in total. The molecule has 1 fully saturated rings. The van der Waals surface area contributed by atoms with Crippen molar-refractivity contribution in [3.05, 3.63) is 33.8 Å².